The fourth-order valence-corrected chi connectivity index (χ4v) is 4.62. The summed E-state index contributed by atoms with van der Waals surface area (Å²) in [6.07, 6.45) is 3.46. The topological polar surface area (TPSA) is 97.8 Å². The van der Waals surface area contributed by atoms with Gasteiger partial charge in [-0.3, -0.25) is 9.78 Å². The highest BCUT2D eigenvalue weighted by atomic mass is 32.2. The van der Waals surface area contributed by atoms with Crippen LogP contribution in [-0.2, 0) is 21.4 Å². The number of rotatable bonds is 8. The summed E-state index contributed by atoms with van der Waals surface area (Å²) in [5, 5.41) is 2.70. The summed E-state index contributed by atoms with van der Waals surface area (Å²) in [6, 6.07) is 7.28. The molecule has 0 aliphatic carbocycles. The van der Waals surface area contributed by atoms with E-state index < -0.39 is 10.0 Å². The number of carbonyl (C=O) groups excluding carboxylic acids is 1. The van der Waals surface area contributed by atoms with E-state index in [1.807, 2.05) is 26.0 Å². The number of benzene rings is 1. The van der Waals surface area contributed by atoms with Gasteiger partial charge in [-0.05, 0) is 43.2 Å². The number of aromatic nitrogens is 1. The predicted molar refractivity (Wildman–Crippen MR) is 113 cm³/mol. The SMILES string of the molecule is Cc1cc(C(=O)NCCS(=O)(=O)N2CCOCC2)cc(C)c1OCc1cccnc1. The van der Waals surface area contributed by atoms with Crippen molar-refractivity contribution < 1.29 is 22.7 Å². The average Bonchev–Trinajstić information content (AvgIpc) is 2.74. The van der Waals surface area contributed by atoms with Gasteiger partial charge in [-0.15, -0.1) is 0 Å². The molecule has 1 N–H and O–H groups in total. The van der Waals surface area contributed by atoms with E-state index in [1.54, 1.807) is 24.5 Å². The first-order valence-corrected chi connectivity index (χ1v) is 11.4. The van der Waals surface area contributed by atoms with Gasteiger partial charge in [0.25, 0.3) is 5.91 Å². The molecule has 9 heteroatoms. The van der Waals surface area contributed by atoms with Crippen molar-refractivity contribution in [1.82, 2.24) is 14.6 Å². The molecular weight excluding hydrogens is 406 g/mol. The van der Waals surface area contributed by atoms with Gasteiger partial charge in [0.05, 0.1) is 19.0 Å². The second-order valence-corrected chi connectivity index (χ2v) is 9.26. The van der Waals surface area contributed by atoms with E-state index in [0.717, 1.165) is 22.4 Å². The zero-order chi connectivity index (χ0) is 21.6. The maximum atomic E-state index is 12.5. The van der Waals surface area contributed by atoms with Gasteiger partial charge in [0.1, 0.15) is 12.4 Å². The molecule has 0 saturated carbocycles. The molecule has 1 aromatic carbocycles. The summed E-state index contributed by atoms with van der Waals surface area (Å²) in [4.78, 5) is 16.6. The third kappa shape index (κ3) is 5.78. The molecule has 0 bridgehead atoms. The molecule has 2 heterocycles. The maximum Gasteiger partial charge on any atom is 0.251 e. The molecule has 3 rings (SSSR count). The Bertz CT molecular complexity index is 950. The van der Waals surface area contributed by atoms with E-state index in [4.69, 9.17) is 9.47 Å². The van der Waals surface area contributed by atoms with Crippen molar-refractivity contribution in [3.05, 3.63) is 58.9 Å². The lowest BCUT2D eigenvalue weighted by atomic mass is 10.1. The summed E-state index contributed by atoms with van der Waals surface area (Å²) in [6.45, 7) is 5.72. The molecule has 2 aromatic rings. The normalized spacial score (nSPS) is 15.0. The third-order valence-electron chi connectivity index (χ3n) is 4.84. The molecule has 8 nitrogen and oxygen atoms in total. The monoisotopic (exact) mass is 433 g/mol. The van der Waals surface area contributed by atoms with Gasteiger partial charge in [0, 0.05) is 43.2 Å². The van der Waals surface area contributed by atoms with E-state index in [9.17, 15) is 13.2 Å². The van der Waals surface area contributed by atoms with E-state index in [0.29, 0.717) is 38.5 Å². The van der Waals surface area contributed by atoms with Crippen molar-refractivity contribution in [2.24, 2.45) is 0 Å². The van der Waals surface area contributed by atoms with Gasteiger partial charge in [-0.25, -0.2) is 8.42 Å². The van der Waals surface area contributed by atoms with Gasteiger partial charge < -0.3 is 14.8 Å². The van der Waals surface area contributed by atoms with Crippen LogP contribution < -0.4 is 10.1 Å². The molecular formula is C21H27N3O5S. The number of carbonyl (C=O) groups is 1. The second-order valence-electron chi connectivity index (χ2n) is 7.17. The maximum absolute atomic E-state index is 12.5. The van der Waals surface area contributed by atoms with Crippen LogP contribution in [0.15, 0.2) is 36.7 Å². The Balaban J connectivity index is 1.57. The van der Waals surface area contributed by atoms with Crippen molar-refractivity contribution >= 4 is 15.9 Å². The first-order chi connectivity index (χ1) is 14.4. The van der Waals surface area contributed by atoms with E-state index >= 15 is 0 Å². The lowest BCUT2D eigenvalue weighted by molar-refractivity contribution is 0.0730. The standard InChI is InChI=1S/C21H27N3O5S/c1-16-12-19(13-17(2)20(16)29-15-18-4-3-5-22-14-18)21(25)23-6-11-30(26,27)24-7-9-28-10-8-24/h3-5,12-14H,6-11,15H2,1-2H3,(H,23,25). The number of nitrogens with zero attached hydrogens (tertiary/aromatic N) is 2. The zero-order valence-electron chi connectivity index (χ0n) is 17.3. The molecule has 1 amide bonds. The van der Waals surface area contributed by atoms with Gasteiger partial charge in [-0.2, -0.15) is 4.31 Å². The van der Waals surface area contributed by atoms with E-state index in [-0.39, 0.29) is 18.2 Å². The highest BCUT2D eigenvalue weighted by Crippen LogP contribution is 2.25. The van der Waals surface area contributed by atoms with Gasteiger partial charge in [0.15, 0.2) is 0 Å². The number of aryl methyl sites for hydroxylation is 2. The van der Waals surface area contributed by atoms with E-state index in [1.165, 1.54) is 4.31 Å². The summed E-state index contributed by atoms with van der Waals surface area (Å²) < 4.78 is 37.2. The highest BCUT2D eigenvalue weighted by molar-refractivity contribution is 7.89. The number of pyridine rings is 1. The van der Waals surface area contributed by atoms with Crippen LogP contribution in [0.1, 0.15) is 27.0 Å². The fourth-order valence-electron chi connectivity index (χ4n) is 3.30. The zero-order valence-corrected chi connectivity index (χ0v) is 18.1. The quantitative estimate of drug-likeness (QED) is 0.680. The molecule has 30 heavy (non-hydrogen) atoms. The Morgan fingerprint density at radius 2 is 1.93 bits per heavy atom. The molecule has 0 radical (unpaired) electrons. The largest absolute Gasteiger partial charge is 0.488 e. The van der Waals surface area contributed by atoms with Crippen LogP contribution in [0.2, 0.25) is 0 Å². The van der Waals surface area contributed by atoms with Crippen LogP contribution in [0, 0.1) is 13.8 Å². The van der Waals surface area contributed by atoms with Gasteiger partial charge >= 0.3 is 0 Å². The van der Waals surface area contributed by atoms with Crippen LogP contribution >= 0.6 is 0 Å². The average molecular weight is 434 g/mol. The molecule has 162 valence electrons. The minimum Gasteiger partial charge on any atom is -0.488 e. The third-order valence-corrected chi connectivity index (χ3v) is 6.71. The number of amides is 1. The van der Waals surface area contributed by atoms with Crippen molar-refractivity contribution in [3.8, 4) is 5.75 Å². The molecule has 1 fully saturated rings. The highest BCUT2D eigenvalue weighted by Gasteiger charge is 2.24. The molecule has 1 aliphatic rings. The molecule has 0 unspecified atom stereocenters. The second kappa shape index (κ2) is 10.0. The first kappa shape index (κ1) is 22.2. The minimum absolute atomic E-state index is 0.0515. The molecule has 0 atom stereocenters. The van der Waals surface area contributed by atoms with Crippen LogP contribution in [0.4, 0.5) is 0 Å². The summed E-state index contributed by atoms with van der Waals surface area (Å²) in [5.41, 5.74) is 3.11. The number of hydrogen-bond acceptors (Lipinski definition) is 6. The number of morpholine rings is 1. The van der Waals surface area contributed by atoms with Crippen molar-refractivity contribution in [2.45, 2.75) is 20.5 Å². The first-order valence-electron chi connectivity index (χ1n) is 9.83. The summed E-state index contributed by atoms with van der Waals surface area (Å²) >= 11 is 0. The Kier molecular flexibility index (Phi) is 7.41. The smallest absolute Gasteiger partial charge is 0.251 e. The van der Waals surface area contributed by atoms with Gasteiger partial charge in [-0.1, -0.05) is 6.07 Å². The summed E-state index contributed by atoms with van der Waals surface area (Å²) in [7, 11) is -3.40. The Labute approximate surface area is 177 Å². The fraction of sp³-hybridized carbons (Fsp3) is 0.429. The molecule has 0 spiro atoms. The summed E-state index contributed by atoms with van der Waals surface area (Å²) in [5.74, 6) is 0.283. The molecule has 1 aromatic heterocycles. The molecule has 1 aliphatic heterocycles. The van der Waals surface area contributed by atoms with Gasteiger partial charge in [0.2, 0.25) is 10.0 Å². The molecule has 1 saturated heterocycles. The lowest BCUT2D eigenvalue weighted by Crippen LogP contribution is -2.43. The predicted octanol–water partition coefficient (Wildman–Crippen LogP) is 1.67. The number of hydrogen-bond donors (Lipinski definition) is 1. The van der Waals surface area contributed by atoms with Crippen LogP contribution in [0.5, 0.6) is 5.75 Å². The minimum atomic E-state index is -3.40. The van der Waals surface area contributed by atoms with Crippen molar-refractivity contribution in [1.29, 1.82) is 0 Å². The lowest BCUT2D eigenvalue weighted by Gasteiger charge is -2.26. The van der Waals surface area contributed by atoms with E-state index in [2.05, 4.69) is 10.3 Å². The van der Waals surface area contributed by atoms with Crippen LogP contribution in [0.3, 0.4) is 0 Å². The Hall–Kier alpha value is -2.49. The number of ether oxygens (including phenoxy) is 2. The Morgan fingerprint density at radius 3 is 2.57 bits per heavy atom. The van der Waals surface area contributed by atoms with Crippen LogP contribution in [-0.4, -0.2) is 62.2 Å². The number of nitrogens with one attached hydrogen (secondary N) is 1. The number of sulfonamides is 1. The van der Waals surface area contributed by atoms with Crippen molar-refractivity contribution in [2.75, 3.05) is 38.6 Å². The Morgan fingerprint density at radius 1 is 1.23 bits per heavy atom. The van der Waals surface area contributed by atoms with Crippen LogP contribution in [0.25, 0.3) is 0 Å². The van der Waals surface area contributed by atoms with Crippen molar-refractivity contribution in [3.63, 3.8) is 0 Å².